The molecule has 0 aromatic heterocycles. The van der Waals surface area contributed by atoms with Crippen LogP contribution in [0.5, 0.6) is 0 Å². The summed E-state index contributed by atoms with van der Waals surface area (Å²) in [6.45, 7) is 8.44. The molecule has 4 aliphatic heterocycles. The summed E-state index contributed by atoms with van der Waals surface area (Å²) in [6.07, 6.45) is 8.42. The summed E-state index contributed by atoms with van der Waals surface area (Å²) in [5.41, 5.74) is 15.1. The number of allylic oxidation sites excluding steroid dienone is 1. The predicted molar refractivity (Wildman–Crippen MR) is 223 cm³/mol. The normalized spacial score (nSPS) is 19.0. The van der Waals surface area contributed by atoms with Crippen molar-refractivity contribution in [1.82, 2.24) is 21.3 Å². The van der Waals surface area contributed by atoms with Gasteiger partial charge in [-0.15, -0.1) is 0 Å². The zero-order chi connectivity index (χ0) is 36.6. The average Bonchev–Trinajstić information content (AvgIpc) is 3.23. The van der Waals surface area contributed by atoms with Gasteiger partial charge in [-0.05, 0) is 80.4 Å². The number of hydrogen-bond acceptors (Lipinski definition) is 6. The monoisotopic (exact) mass is 704 g/mol. The van der Waals surface area contributed by atoms with E-state index in [1.165, 1.54) is 22.4 Å². The van der Waals surface area contributed by atoms with Crippen LogP contribution in [0, 0.1) is 0 Å². The lowest BCUT2D eigenvalue weighted by Gasteiger charge is -2.35. The molecule has 0 spiro atoms. The second-order valence-electron chi connectivity index (χ2n) is 15.3. The zero-order valence-electron chi connectivity index (χ0n) is 30.9. The summed E-state index contributed by atoms with van der Waals surface area (Å²) >= 11 is 0. The molecule has 0 saturated heterocycles. The van der Waals surface area contributed by atoms with Crippen molar-refractivity contribution < 1.29 is 0 Å². The lowest BCUT2D eigenvalue weighted by Crippen LogP contribution is -2.42. The Morgan fingerprint density at radius 2 is 1.28 bits per heavy atom. The summed E-state index contributed by atoms with van der Waals surface area (Å²) in [5.74, 6) is 1.51. The van der Waals surface area contributed by atoms with Crippen molar-refractivity contribution >= 4 is 17.4 Å². The maximum Gasteiger partial charge on any atom is 0.159 e. The fraction of sp³-hybridized carbons (Fsp3) is 0.167. The van der Waals surface area contributed by atoms with Crippen LogP contribution in [-0.2, 0) is 5.41 Å². The number of benzene rings is 5. The number of aliphatic imine (C=N–C) groups is 2. The lowest BCUT2D eigenvalue weighted by molar-refractivity contribution is 0.590. The number of hydrogen-bond donors (Lipinski definition) is 4. The first-order valence-electron chi connectivity index (χ1n) is 18.8. The van der Waals surface area contributed by atoms with Crippen LogP contribution < -0.4 is 21.3 Å². The Bertz CT molecular complexity index is 2390. The maximum absolute atomic E-state index is 5.24. The van der Waals surface area contributed by atoms with Crippen LogP contribution in [0.4, 0.5) is 0 Å². The minimum absolute atomic E-state index is 0.0708. The van der Waals surface area contributed by atoms with Gasteiger partial charge >= 0.3 is 0 Å². The highest BCUT2D eigenvalue weighted by molar-refractivity contribution is 6.13. The van der Waals surface area contributed by atoms with Crippen molar-refractivity contribution in [1.29, 1.82) is 0 Å². The Hall–Kier alpha value is -6.40. The molecule has 0 fully saturated rings. The number of nitrogens with zero attached hydrogens (tertiary/aromatic N) is 2. The van der Waals surface area contributed by atoms with Gasteiger partial charge in [-0.1, -0.05) is 142 Å². The van der Waals surface area contributed by atoms with E-state index in [0.717, 1.165) is 69.1 Å². The standard InChI is InChI=1S/C48H44N6/c1-48(2,3)39-22-20-32(21-23-39)37-27-36(31-16-18-33(19-17-31)43-40-15-10-25-50-44(40)41-30-49-26-24-42(41)51-43)28-38(29-37)47-53-45(34-11-6-4-7-12-34)52-46(54-47)35-13-8-5-9-14-35/h4-24,26-29,42,45,49-51H,25,30H2,1-3H3,(H,52,53,54). The minimum atomic E-state index is -0.276. The van der Waals surface area contributed by atoms with Crippen LogP contribution in [0.15, 0.2) is 179 Å². The SMILES string of the molecule is CC(C)(C)c1ccc(-c2cc(C3=NC(c4ccccc4)NC(c4ccccc4)=N3)cc(-c3ccc(C4=C5C=CCNC5=C5CNC=CC5N4)cc3)c2)cc1. The van der Waals surface area contributed by atoms with E-state index in [0.29, 0.717) is 5.84 Å². The van der Waals surface area contributed by atoms with Crippen LogP contribution in [0.2, 0.25) is 0 Å². The molecule has 54 heavy (non-hydrogen) atoms. The van der Waals surface area contributed by atoms with Gasteiger partial charge in [-0.3, -0.25) is 0 Å². The third kappa shape index (κ3) is 6.56. The largest absolute Gasteiger partial charge is 0.387 e. The van der Waals surface area contributed by atoms with E-state index in [-0.39, 0.29) is 17.6 Å². The van der Waals surface area contributed by atoms with Gasteiger partial charge in [0, 0.05) is 35.5 Å². The van der Waals surface area contributed by atoms with Crippen LogP contribution >= 0.6 is 0 Å². The van der Waals surface area contributed by atoms with Crippen molar-refractivity contribution in [3.63, 3.8) is 0 Å². The van der Waals surface area contributed by atoms with Crippen LogP contribution in [0.3, 0.4) is 0 Å². The third-order valence-corrected chi connectivity index (χ3v) is 10.6. The van der Waals surface area contributed by atoms with E-state index < -0.39 is 0 Å². The Labute approximate surface area is 317 Å². The molecule has 4 heterocycles. The topological polar surface area (TPSA) is 72.8 Å². The van der Waals surface area contributed by atoms with Crippen molar-refractivity contribution in [3.8, 4) is 22.3 Å². The summed E-state index contributed by atoms with van der Waals surface area (Å²) in [6, 6.07) is 45.6. The highest BCUT2D eigenvalue weighted by Crippen LogP contribution is 2.36. The van der Waals surface area contributed by atoms with Crippen molar-refractivity contribution in [2.75, 3.05) is 13.1 Å². The molecule has 0 amide bonds. The molecular formula is C48H44N6. The first-order chi connectivity index (χ1) is 26.4. The highest BCUT2D eigenvalue weighted by Gasteiger charge is 2.29. The molecule has 0 saturated carbocycles. The number of fused-ring (bicyclic) bond motifs is 2. The van der Waals surface area contributed by atoms with Crippen LogP contribution in [0.1, 0.15) is 54.8 Å². The van der Waals surface area contributed by atoms with Gasteiger partial charge in [0.25, 0.3) is 0 Å². The second kappa shape index (κ2) is 13.9. The minimum Gasteiger partial charge on any atom is -0.387 e. The van der Waals surface area contributed by atoms with Gasteiger partial charge in [0.2, 0.25) is 0 Å². The predicted octanol–water partition coefficient (Wildman–Crippen LogP) is 9.03. The Morgan fingerprint density at radius 3 is 1.98 bits per heavy atom. The van der Waals surface area contributed by atoms with Crippen LogP contribution in [-0.4, -0.2) is 30.8 Å². The molecule has 2 unspecified atom stereocenters. The molecular weight excluding hydrogens is 661 g/mol. The van der Waals surface area contributed by atoms with E-state index in [9.17, 15) is 0 Å². The van der Waals surface area contributed by atoms with Gasteiger partial charge in [0.15, 0.2) is 5.84 Å². The molecule has 6 heteroatoms. The molecule has 266 valence electrons. The Balaban J connectivity index is 1.15. The van der Waals surface area contributed by atoms with E-state index in [2.05, 4.69) is 170 Å². The van der Waals surface area contributed by atoms with E-state index >= 15 is 0 Å². The van der Waals surface area contributed by atoms with E-state index in [1.807, 2.05) is 24.3 Å². The maximum atomic E-state index is 5.24. The Morgan fingerprint density at radius 1 is 0.630 bits per heavy atom. The molecule has 0 radical (unpaired) electrons. The van der Waals surface area contributed by atoms with Crippen LogP contribution in [0.25, 0.3) is 28.0 Å². The quantitative estimate of drug-likeness (QED) is 0.142. The first kappa shape index (κ1) is 33.4. The first-order valence-corrected chi connectivity index (χ1v) is 18.8. The second-order valence-corrected chi connectivity index (χ2v) is 15.3. The van der Waals surface area contributed by atoms with Gasteiger partial charge < -0.3 is 21.3 Å². The molecule has 0 aliphatic carbocycles. The summed E-state index contributed by atoms with van der Waals surface area (Å²) in [5, 5.41) is 14.5. The number of amidine groups is 2. The van der Waals surface area contributed by atoms with Gasteiger partial charge in [-0.2, -0.15) is 0 Å². The number of rotatable bonds is 6. The average molecular weight is 705 g/mol. The fourth-order valence-electron chi connectivity index (χ4n) is 7.63. The zero-order valence-corrected chi connectivity index (χ0v) is 30.9. The molecule has 5 aromatic carbocycles. The Kier molecular flexibility index (Phi) is 8.58. The molecule has 0 bridgehead atoms. The molecule has 4 N–H and O–H groups in total. The van der Waals surface area contributed by atoms with Crippen molar-refractivity contribution in [3.05, 3.63) is 196 Å². The fourth-order valence-corrected chi connectivity index (χ4v) is 7.63. The molecule has 4 aliphatic rings. The molecule has 9 rings (SSSR count). The summed E-state index contributed by atoms with van der Waals surface area (Å²) in [7, 11) is 0. The van der Waals surface area contributed by atoms with Gasteiger partial charge in [0.1, 0.15) is 12.0 Å². The number of nitrogens with one attached hydrogen (secondary N) is 4. The van der Waals surface area contributed by atoms with Gasteiger partial charge in [-0.25, -0.2) is 9.98 Å². The lowest BCUT2D eigenvalue weighted by atomic mass is 9.86. The number of dihydropyridines is 1. The molecule has 5 aromatic rings. The molecule has 6 nitrogen and oxygen atoms in total. The van der Waals surface area contributed by atoms with Gasteiger partial charge in [0.05, 0.1) is 11.7 Å². The summed E-state index contributed by atoms with van der Waals surface area (Å²) in [4.78, 5) is 10.4. The highest BCUT2D eigenvalue weighted by atomic mass is 15.2. The van der Waals surface area contributed by atoms with E-state index in [1.54, 1.807) is 0 Å². The van der Waals surface area contributed by atoms with E-state index in [4.69, 9.17) is 9.98 Å². The smallest absolute Gasteiger partial charge is 0.159 e. The third-order valence-electron chi connectivity index (χ3n) is 10.6. The molecule has 2 atom stereocenters. The summed E-state index contributed by atoms with van der Waals surface area (Å²) < 4.78 is 0. The van der Waals surface area contributed by atoms with Crippen molar-refractivity contribution in [2.45, 2.75) is 38.4 Å². The van der Waals surface area contributed by atoms with Crippen molar-refractivity contribution in [2.24, 2.45) is 9.98 Å².